The Kier molecular flexibility index (Phi) is 2.78. The molecule has 0 fully saturated rings. The number of rotatable bonds is 1. The van der Waals surface area contributed by atoms with Gasteiger partial charge in [-0.15, -0.1) is 11.3 Å². The topological polar surface area (TPSA) is 23.8 Å². The molecule has 0 aliphatic rings. The van der Waals surface area contributed by atoms with Crippen molar-refractivity contribution in [1.82, 2.24) is 0 Å². The number of fused-ring (bicyclic) bond motifs is 1. The van der Waals surface area contributed by atoms with Crippen LogP contribution in [-0.2, 0) is 5.33 Å². The maximum atomic E-state index is 8.80. The van der Waals surface area contributed by atoms with E-state index in [4.69, 9.17) is 16.9 Å². The second-order valence-corrected chi connectivity index (χ2v) is 4.96. The van der Waals surface area contributed by atoms with Gasteiger partial charge in [0.2, 0.25) is 0 Å². The molecule has 0 aliphatic heterocycles. The average molecular weight is 287 g/mol. The zero-order chi connectivity index (χ0) is 10.1. The first-order valence-corrected chi connectivity index (χ1v) is 6.24. The van der Waals surface area contributed by atoms with Gasteiger partial charge in [-0.3, -0.25) is 0 Å². The van der Waals surface area contributed by atoms with E-state index in [9.17, 15) is 0 Å². The third-order valence-electron chi connectivity index (χ3n) is 1.91. The Bertz CT molecular complexity index is 527. The molecule has 0 saturated heterocycles. The molecule has 1 aromatic carbocycles. The summed E-state index contributed by atoms with van der Waals surface area (Å²) < 4.78 is 1.11. The summed E-state index contributed by atoms with van der Waals surface area (Å²) in [6, 6.07) is 7.85. The SMILES string of the molecule is N#Cc1cc2sc(CBr)cc2cc1Cl. The number of hydrogen-bond donors (Lipinski definition) is 0. The molecule has 0 radical (unpaired) electrons. The van der Waals surface area contributed by atoms with Crippen LogP contribution in [0.5, 0.6) is 0 Å². The number of halogens is 2. The molecule has 2 aromatic rings. The highest BCUT2D eigenvalue weighted by atomic mass is 79.9. The fourth-order valence-corrected chi connectivity index (χ4v) is 2.92. The van der Waals surface area contributed by atoms with Crippen LogP contribution in [0.2, 0.25) is 5.02 Å². The number of alkyl halides is 1. The fourth-order valence-electron chi connectivity index (χ4n) is 1.27. The highest BCUT2D eigenvalue weighted by Gasteiger charge is 2.05. The van der Waals surface area contributed by atoms with Gasteiger partial charge in [0.15, 0.2) is 0 Å². The minimum Gasteiger partial charge on any atom is -0.192 e. The van der Waals surface area contributed by atoms with Crippen molar-refractivity contribution >= 4 is 49.0 Å². The van der Waals surface area contributed by atoms with E-state index in [0.29, 0.717) is 10.6 Å². The molecule has 1 aromatic heterocycles. The summed E-state index contributed by atoms with van der Waals surface area (Å²) in [5, 5.41) is 11.3. The number of nitrogens with zero attached hydrogens (tertiary/aromatic N) is 1. The fraction of sp³-hybridized carbons (Fsp3) is 0.100. The molecule has 1 nitrogen and oxygen atoms in total. The lowest BCUT2D eigenvalue weighted by Gasteiger charge is -1.93. The largest absolute Gasteiger partial charge is 0.192 e. The van der Waals surface area contributed by atoms with E-state index < -0.39 is 0 Å². The molecule has 0 saturated carbocycles. The highest BCUT2D eigenvalue weighted by molar-refractivity contribution is 9.08. The van der Waals surface area contributed by atoms with Gasteiger partial charge < -0.3 is 0 Å². The molecular weight excluding hydrogens is 282 g/mol. The summed E-state index contributed by atoms with van der Waals surface area (Å²) >= 11 is 11.0. The van der Waals surface area contributed by atoms with Crippen LogP contribution < -0.4 is 0 Å². The summed E-state index contributed by atoms with van der Waals surface area (Å²) in [6.07, 6.45) is 0. The van der Waals surface area contributed by atoms with Crippen LogP contribution in [0.25, 0.3) is 10.1 Å². The van der Waals surface area contributed by atoms with Crippen molar-refractivity contribution < 1.29 is 0 Å². The zero-order valence-corrected chi connectivity index (χ0v) is 10.2. The van der Waals surface area contributed by atoms with Crippen LogP contribution in [0, 0.1) is 11.3 Å². The van der Waals surface area contributed by atoms with E-state index in [0.717, 1.165) is 15.4 Å². The zero-order valence-electron chi connectivity index (χ0n) is 7.05. The van der Waals surface area contributed by atoms with Gasteiger partial charge >= 0.3 is 0 Å². The molecule has 0 atom stereocenters. The van der Waals surface area contributed by atoms with Gasteiger partial charge in [0.1, 0.15) is 6.07 Å². The first-order chi connectivity index (χ1) is 6.74. The second kappa shape index (κ2) is 3.90. The lowest BCUT2D eigenvalue weighted by Crippen LogP contribution is -1.74. The molecule has 14 heavy (non-hydrogen) atoms. The number of nitriles is 1. The van der Waals surface area contributed by atoms with E-state index in [1.54, 1.807) is 11.3 Å². The standard InChI is InChI=1S/C10H5BrClNS/c11-4-8-1-6-2-9(12)7(5-13)3-10(6)14-8/h1-3H,4H2. The average Bonchev–Trinajstić information content (AvgIpc) is 2.58. The van der Waals surface area contributed by atoms with Gasteiger partial charge in [-0.2, -0.15) is 5.26 Å². The summed E-state index contributed by atoms with van der Waals surface area (Å²) in [7, 11) is 0. The third-order valence-corrected chi connectivity index (χ3v) is 4.29. The van der Waals surface area contributed by atoms with Crippen LogP contribution in [0.1, 0.15) is 10.4 Å². The predicted molar refractivity (Wildman–Crippen MR) is 64.2 cm³/mol. The van der Waals surface area contributed by atoms with Crippen molar-refractivity contribution in [1.29, 1.82) is 5.26 Å². The molecule has 2 rings (SSSR count). The minimum atomic E-state index is 0.527. The van der Waals surface area contributed by atoms with E-state index >= 15 is 0 Å². The lowest BCUT2D eigenvalue weighted by atomic mass is 10.2. The molecule has 0 bridgehead atoms. The molecule has 4 heteroatoms. The Morgan fingerprint density at radius 1 is 1.43 bits per heavy atom. The maximum Gasteiger partial charge on any atom is 0.101 e. The van der Waals surface area contributed by atoms with Gasteiger partial charge in [0.05, 0.1) is 10.6 Å². The van der Waals surface area contributed by atoms with Crippen molar-refractivity contribution in [2.75, 3.05) is 0 Å². The van der Waals surface area contributed by atoms with Gasteiger partial charge in [-0.25, -0.2) is 0 Å². The van der Waals surface area contributed by atoms with Crippen molar-refractivity contribution in [3.05, 3.63) is 33.7 Å². The van der Waals surface area contributed by atoms with Crippen LogP contribution in [0.15, 0.2) is 18.2 Å². The Morgan fingerprint density at radius 2 is 2.21 bits per heavy atom. The minimum absolute atomic E-state index is 0.527. The normalized spacial score (nSPS) is 10.4. The molecule has 70 valence electrons. The van der Waals surface area contributed by atoms with Crippen LogP contribution >= 0.6 is 38.9 Å². The number of benzene rings is 1. The molecule has 0 amide bonds. The summed E-state index contributed by atoms with van der Waals surface area (Å²) in [4.78, 5) is 1.24. The second-order valence-electron chi connectivity index (χ2n) is 2.83. The maximum absolute atomic E-state index is 8.80. The molecular formula is C10H5BrClNS. The highest BCUT2D eigenvalue weighted by Crippen LogP contribution is 2.31. The van der Waals surface area contributed by atoms with E-state index in [2.05, 4.69) is 28.1 Å². The van der Waals surface area contributed by atoms with Gasteiger partial charge in [-0.1, -0.05) is 27.5 Å². The van der Waals surface area contributed by atoms with E-state index in [1.807, 2.05) is 12.1 Å². The number of hydrogen-bond acceptors (Lipinski definition) is 2. The molecule has 0 unspecified atom stereocenters. The van der Waals surface area contributed by atoms with Gasteiger partial charge in [-0.05, 0) is 23.6 Å². The predicted octanol–water partition coefficient (Wildman–Crippen LogP) is 4.32. The monoisotopic (exact) mass is 285 g/mol. The van der Waals surface area contributed by atoms with Crippen molar-refractivity contribution in [3.63, 3.8) is 0 Å². The molecule has 0 N–H and O–H groups in total. The Hall–Kier alpha value is -0.560. The van der Waals surface area contributed by atoms with Crippen LogP contribution in [-0.4, -0.2) is 0 Å². The number of thiophene rings is 1. The van der Waals surface area contributed by atoms with Crippen molar-refractivity contribution in [2.24, 2.45) is 0 Å². The summed E-state index contributed by atoms with van der Waals surface area (Å²) in [6.45, 7) is 0. The van der Waals surface area contributed by atoms with Gasteiger partial charge in [0.25, 0.3) is 0 Å². The first kappa shape index (κ1) is 9.97. The molecule has 1 heterocycles. The quantitative estimate of drug-likeness (QED) is 0.716. The molecule has 0 spiro atoms. The van der Waals surface area contributed by atoms with Gasteiger partial charge in [0, 0.05) is 14.9 Å². The molecule has 0 aliphatic carbocycles. The summed E-state index contributed by atoms with van der Waals surface area (Å²) in [5.74, 6) is 0. The Balaban J connectivity index is 2.71. The summed E-state index contributed by atoms with van der Waals surface area (Å²) in [5.41, 5.74) is 0.544. The van der Waals surface area contributed by atoms with Crippen LogP contribution in [0.3, 0.4) is 0 Å². The third kappa shape index (κ3) is 1.66. The first-order valence-electron chi connectivity index (χ1n) is 3.92. The van der Waals surface area contributed by atoms with Crippen molar-refractivity contribution in [3.8, 4) is 6.07 Å². The lowest BCUT2D eigenvalue weighted by molar-refractivity contribution is 1.50. The van der Waals surface area contributed by atoms with Crippen LogP contribution in [0.4, 0.5) is 0 Å². The Labute approximate surface area is 99.0 Å². The smallest absolute Gasteiger partial charge is 0.101 e. The van der Waals surface area contributed by atoms with E-state index in [1.165, 1.54) is 4.88 Å². The van der Waals surface area contributed by atoms with E-state index in [-0.39, 0.29) is 0 Å². The Morgan fingerprint density at radius 3 is 2.86 bits per heavy atom. The van der Waals surface area contributed by atoms with Crippen molar-refractivity contribution in [2.45, 2.75) is 5.33 Å².